The first-order chi connectivity index (χ1) is 15.0. The lowest BCUT2D eigenvalue weighted by Gasteiger charge is -2.17. The number of aromatic nitrogens is 1. The smallest absolute Gasteiger partial charge is 0.204 e. The molecule has 1 aliphatic rings. The molecule has 0 fully saturated rings. The topological polar surface area (TPSA) is 70.9 Å². The van der Waals surface area contributed by atoms with E-state index in [1.54, 1.807) is 25.1 Å². The van der Waals surface area contributed by atoms with Crippen molar-refractivity contribution in [3.8, 4) is 22.4 Å². The minimum Gasteiger partial charge on any atom is -0.388 e. The summed E-state index contributed by atoms with van der Waals surface area (Å²) >= 11 is 0. The van der Waals surface area contributed by atoms with Crippen LogP contribution in [0.2, 0.25) is 0 Å². The van der Waals surface area contributed by atoms with Gasteiger partial charge in [0, 0.05) is 29.2 Å². The van der Waals surface area contributed by atoms with Crippen LogP contribution in [0.3, 0.4) is 0 Å². The molecule has 5 rings (SSSR count). The molecule has 6 heteroatoms. The highest BCUT2D eigenvalue weighted by Crippen LogP contribution is 2.40. The number of aromatic amines is 1. The minimum atomic E-state index is -0.286. The molecule has 0 spiro atoms. The maximum atomic E-state index is 15.4. The van der Waals surface area contributed by atoms with Crippen LogP contribution >= 0.6 is 0 Å². The zero-order valence-electron chi connectivity index (χ0n) is 17.4. The summed E-state index contributed by atoms with van der Waals surface area (Å²) in [5, 5.41) is 4.10. The third-order valence-corrected chi connectivity index (χ3v) is 5.80. The number of benzene rings is 3. The van der Waals surface area contributed by atoms with Gasteiger partial charge in [0.05, 0.1) is 11.2 Å². The van der Waals surface area contributed by atoms with Crippen molar-refractivity contribution in [3.63, 3.8) is 0 Å². The molecule has 1 amide bonds. The molecule has 3 aromatic carbocycles. The zero-order valence-corrected chi connectivity index (χ0v) is 17.4. The predicted molar refractivity (Wildman–Crippen MR) is 121 cm³/mol. The van der Waals surface area contributed by atoms with Crippen molar-refractivity contribution in [3.05, 3.63) is 76.9 Å². The Morgan fingerprint density at radius 2 is 1.77 bits per heavy atom. The van der Waals surface area contributed by atoms with Crippen LogP contribution in [-0.4, -0.2) is 18.4 Å². The van der Waals surface area contributed by atoms with Crippen LogP contribution in [0.25, 0.3) is 33.3 Å². The van der Waals surface area contributed by atoms with E-state index in [1.165, 1.54) is 17.2 Å². The van der Waals surface area contributed by atoms with Crippen LogP contribution in [0.1, 0.15) is 16.7 Å². The fourth-order valence-corrected chi connectivity index (χ4v) is 4.27. The maximum Gasteiger partial charge on any atom is 0.204 e. The van der Waals surface area contributed by atoms with Crippen molar-refractivity contribution in [2.45, 2.75) is 19.8 Å². The van der Waals surface area contributed by atoms with E-state index in [0.717, 1.165) is 35.2 Å². The number of anilines is 1. The summed E-state index contributed by atoms with van der Waals surface area (Å²) in [6.45, 7) is 1.69. The van der Waals surface area contributed by atoms with Gasteiger partial charge in [-0.25, -0.2) is 8.78 Å². The second-order valence-corrected chi connectivity index (χ2v) is 7.55. The molecule has 0 saturated heterocycles. The first-order valence-corrected chi connectivity index (χ1v) is 10.0. The second kappa shape index (κ2) is 8.22. The van der Waals surface area contributed by atoms with Crippen molar-refractivity contribution in [2.75, 3.05) is 12.4 Å². The fourth-order valence-electron chi connectivity index (χ4n) is 4.27. The van der Waals surface area contributed by atoms with Gasteiger partial charge < -0.3 is 16.0 Å². The number of carbonyl (C=O) groups excluding carboxylic acids is 1. The van der Waals surface area contributed by atoms with E-state index in [-0.39, 0.29) is 18.0 Å². The van der Waals surface area contributed by atoms with E-state index in [9.17, 15) is 4.39 Å². The van der Waals surface area contributed by atoms with E-state index in [2.05, 4.69) is 28.2 Å². The number of fused-ring (bicyclic) bond motifs is 5. The van der Waals surface area contributed by atoms with Crippen molar-refractivity contribution in [1.29, 1.82) is 0 Å². The highest BCUT2D eigenvalue weighted by atomic mass is 19.1. The number of hydrogen-bond donors (Lipinski definition) is 3. The van der Waals surface area contributed by atoms with Crippen LogP contribution in [-0.2, 0) is 17.6 Å². The number of primary amides is 1. The molecule has 1 heterocycles. The number of halogens is 2. The molecular formula is C25H23F2N3O. The SMILES string of the molecule is CNc1ccc2c(c1)CCc1c-2[nH]c2c(F)c(-c3ccc(F)c(C)c3)ccc12.NC=O. The number of carbonyl (C=O) groups is 1. The molecule has 4 aromatic rings. The number of nitrogens with one attached hydrogen (secondary N) is 2. The van der Waals surface area contributed by atoms with Crippen molar-refractivity contribution >= 4 is 23.0 Å². The van der Waals surface area contributed by atoms with E-state index < -0.39 is 0 Å². The van der Waals surface area contributed by atoms with Gasteiger partial charge in [-0.3, -0.25) is 4.79 Å². The van der Waals surface area contributed by atoms with Crippen molar-refractivity contribution in [1.82, 2.24) is 4.98 Å². The Bertz CT molecular complexity index is 1290. The molecule has 0 radical (unpaired) electrons. The lowest BCUT2D eigenvalue weighted by atomic mass is 9.88. The minimum absolute atomic E-state index is 0.250. The quantitative estimate of drug-likeness (QED) is 0.384. The number of hydrogen-bond acceptors (Lipinski definition) is 2. The molecule has 158 valence electrons. The normalized spacial score (nSPS) is 11.9. The van der Waals surface area contributed by atoms with Crippen LogP contribution < -0.4 is 11.1 Å². The molecule has 0 atom stereocenters. The summed E-state index contributed by atoms with van der Waals surface area (Å²) in [5.74, 6) is -0.565. The predicted octanol–water partition coefficient (Wildman–Crippen LogP) is 5.33. The highest BCUT2D eigenvalue weighted by Gasteiger charge is 2.23. The van der Waals surface area contributed by atoms with Crippen LogP contribution in [0, 0.1) is 18.6 Å². The van der Waals surface area contributed by atoms with Gasteiger partial charge in [0.15, 0.2) is 5.82 Å². The number of H-pyrrole nitrogens is 1. The molecule has 4 N–H and O–H groups in total. The third-order valence-electron chi connectivity index (χ3n) is 5.80. The summed E-state index contributed by atoms with van der Waals surface area (Å²) in [5.41, 5.74) is 12.0. The van der Waals surface area contributed by atoms with Gasteiger partial charge in [-0.15, -0.1) is 0 Å². The van der Waals surface area contributed by atoms with Crippen molar-refractivity contribution in [2.24, 2.45) is 5.73 Å². The number of nitrogens with two attached hydrogens (primary N) is 1. The Morgan fingerprint density at radius 3 is 2.48 bits per heavy atom. The largest absolute Gasteiger partial charge is 0.388 e. The summed E-state index contributed by atoms with van der Waals surface area (Å²) in [6.07, 6.45) is 2.06. The lowest BCUT2D eigenvalue weighted by Crippen LogP contribution is -2.03. The molecule has 0 saturated carbocycles. The van der Waals surface area contributed by atoms with Gasteiger partial charge in [0.1, 0.15) is 5.82 Å². The standard InChI is InChI=1S/C24H20F2N2.CH3NO/c1-13-11-14(4-10-21(13)25)17-8-9-20-19-6-3-15-12-16(27-2)5-7-18(15)23(19)28-24(20)22(17)26;2-1-3/h4-5,7-12,27-28H,3,6H2,1-2H3;1H,(H2,2,3). The Labute approximate surface area is 179 Å². The van der Waals surface area contributed by atoms with E-state index in [1.807, 2.05) is 19.2 Å². The highest BCUT2D eigenvalue weighted by molar-refractivity contribution is 5.95. The first kappa shape index (κ1) is 20.6. The number of aryl methyl sites for hydroxylation is 3. The van der Waals surface area contributed by atoms with Gasteiger partial charge in [-0.05, 0) is 66.3 Å². The zero-order chi connectivity index (χ0) is 22.1. The third kappa shape index (κ3) is 3.54. The first-order valence-electron chi connectivity index (χ1n) is 10.0. The van der Waals surface area contributed by atoms with Crippen LogP contribution in [0.5, 0.6) is 0 Å². The van der Waals surface area contributed by atoms with Crippen LogP contribution in [0.4, 0.5) is 14.5 Å². The van der Waals surface area contributed by atoms with Gasteiger partial charge in [-0.2, -0.15) is 0 Å². The number of rotatable bonds is 2. The molecule has 1 aromatic heterocycles. The Kier molecular flexibility index (Phi) is 5.46. The monoisotopic (exact) mass is 419 g/mol. The van der Waals surface area contributed by atoms with Gasteiger partial charge in [-0.1, -0.05) is 24.3 Å². The Morgan fingerprint density at radius 1 is 1.03 bits per heavy atom. The van der Waals surface area contributed by atoms with Crippen LogP contribution in [0.15, 0.2) is 48.5 Å². The number of amides is 1. The molecule has 0 aliphatic heterocycles. The van der Waals surface area contributed by atoms with E-state index in [0.29, 0.717) is 22.2 Å². The molecule has 0 bridgehead atoms. The summed E-state index contributed by atoms with van der Waals surface area (Å²) in [6, 6.07) is 14.8. The average molecular weight is 419 g/mol. The van der Waals surface area contributed by atoms with Gasteiger partial charge >= 0.3 is 0 Å². The fraction of sp³-hybridized carbons (Fsp3) is 0.160. The van der Waals surface area contributed by atoms with E-state index in [4.69, 9.17) is 4.79 Å². The van der Waals surface area contributed by atoms with E-state index >= 15 is 4.39 Å². The second-order valence-electron chi connectivity index (χ2n) is 7.55. The lowest BCUT2D eigenvalue weighted by molar-refractivity contribution is -0.106. The van der Waals surface area contributed by atoms with Gasteiger partial charge in [0.2, 0.25) is 6.41 Å². The summed E-state index contributed by atoms with van der Waals surface area (Å²) < 4.78 is 29.0. The van der Waals surface area contributed by atoms with Gasteiger partial charge in [0.25, 0.3) is 0 Å². The van der Waals surface area contributed by atoms with Crippen molar-refractivity contribution < 1.29 is 13.6 Å². The summed E-state index contributed by atoms with van der Waals surface area (Å²) in [7, 11) is 1.91. The Hall–Kier alpha value is -3.67. The molecular weight excluding hydrogens is 396 g/mol. The Balaban J connectivity index is 0.000000730. The molecule has 4 nitrogen and oxygen atoms in total. The molecule has 1 aliphatic carbocycles. The molecule has 0 unspecified atom stereocenters. The summed E-state index contributed by atoms with van der Waals surface area (Å²) in [4.78, 5) is 11.9. The maximum absolute atomic E-state index is 15.4. The molecule has 31 heavy (non-hydrogen) atoms. The average Bonchev–Trinajstić information content (AvgIpc) is 3.16.